The van der Waals surface area contributed by atoms with Gasteiger partial charge in [-0.1, -0.05) is 68.3 Å². The summed E-state index contributed by atoms with van der Waals surface area (Å²) in [5, 5.41) is 3.98. The first-order valence-corrected chi connectivity index (χ1v) is 9.25. The van der Waals surface area contributed by atoms with Crippen molar-refractivity contribution in [2.45, 2.75) is 49.6 Å². The van der Waals surface area contributed by atoms with E-state index in [9.17, 15) is 0 Å². The van der Waals surface area contributed by atoms with Crippen molar-refractivity contribution in [2.75, 3.05) is 5.75 Å². The summed E-state index contributed by atoms with van der Waals surface area (Å²) in [6.45, 7) is 4.66. The molecule has 1 heterocycles. The lowest BCUT2D eigenvalue weighted by Gasteiger charge is -2.33. The lowest BCUT2D eigenvalue weighted by molar-refractivity contribution is 0.335. The van der Waals surface area contributed by atoms with Crippen molar-refractivity contribution in [3.63, 3.8) is 0 Å². The summed E-state index contributed by atoms with van der Waals surface area (Å²) in [5.74, 6) is 1.13. The maximum Gasteiger partial charge on any atom is 0.0592 e. The SMILES string of the molecule is CCCCC1(C)CSc2ccccc2C(c2ccccc2)N1.Cl. The lowest BCUT2D eigenvalue weighted by Crippen LogP contribution is -2.45. The summed E-state index contributed by atoms with van der Waals surface area (Å²) in [6, 6.07) is 20.0. The van der Waals surface area contributed by atoms with E-state index in [1.165, 1.54) is 35.3 Å². The van der Waals surface area contributed by atoms with Crippen LogP contribution in [0.15, 0.2) is 59.5 Å². The molecule has 0 saturated heterocycles. The van der Waals surface area contributed by atoms with Gasteiger partial charge in [0.05, 0.1) is 6.04 Å². The Morgan fingerprint density at radius 3 is 2.52 bits per heavy atom. The van der Waals surface area contributed by atoms with Crippen LogP contribution in [-0.4, -0.2) is 11.3 Å². The van der Waals surface area contributed by atoms with Gasteiger partial charge in [0, 0.05) is 16.2 Å². The number of benzene rings is 2. The van der Waals surface area contributed by atoms with Crippen LogP contribution in [0.5, 0.6) is 0 Å². The molecule has 1 nitrogen and oxygen atoms in total. The van der Waals surface area contributed by atoms with Gasteiger partial charge >= 0.3 is 0 Å². The monoisotopic (exact) mass is 347 g/mol. The molecule has 0 bridgehead atoms. The first-order chi connectivity index (χ1) is 10.7. The van der Waals surface area contributed by atoms with Gasteiger partial charge in [-0.25, -0.2) is 0 Å². The first kappa shape index (κ1) is 18.4. The van der Waals surface area contributed by atoms with Crippen molar-refractivity contribution in [2.24, 2.45) is 0 Å². The molecule has 0 aliphatic carbocycles. The molecule has 2 aromatic rings. The minimum atomic E-state index is 0. The molecule has 0 saturated carbocycles. The number of hydrogen-bond donors (Lipinski definition) is 1. The van der Waals surface area contributed by atoms with E-state index in [4.69, 9.17) is 0 Å². The fourth-order valence-electron chi connectivity index (χ4n) is 3.18. The quantitative estimate of drug-likeness (QED) is 0.745. The van der Waals surface area contributed by atoms with Crippen molar-refractivity contribution in [3.05, 3.63) is 65.7 Å². The van der Waals surface area contributed by atoms with Gasteiger partial charge in [0.1, 0.15) is 0 Å². The topological polar surface area (TPSA) is 12.0 Å². The van der Waals surface area contributed by atoms with Crippen LogP contribution in [-0.2, 0) is 0 Å². The molecule has 0 radical (unpaired) electrons. The number of fused-ring (bicyclic) bond motifs is 1. The molecule has 23 heavy (non-hydrogen) atoms. The highest BCUT2D eigenvalue weighted by Gasteiger charge is 2.32. The molecule has 3 rings (SSSR count). The highest BCUT2D eigenvalue weighted by molar-refractivity contribution is 7.99. The van der Waals surface area contributed by atoms with E-state index in [2.05, 4.69) is 73.8 Å². The highest BCUT2D eigenvalue weighted by atomic mass is 35.5. The van der Waals surface area contributed by atoms with Crippen LogP contribution in [0, 0.1) is 0 Å². The van der Waals surface area contributed by atoms with E-state index >= 15 is 0 Å². The summed E-state index contributed by atoms with van der Waals surface area (Å²) in [7, 11) is 0. The van der Waals surface area contributed by atoms with E-state index in [1.807, 2.05) is 11.8 Å². The van der Waals surface area contributed by atoms with Crippen LogP contribution >= 0.6 is 24.2 Å². The molecule has 3 heteroatoms. The minimum absolute atomic E-state index is 0. The van der Waals surface area contributed by atoms with E-state index < -0.39 is 0 Å². The molecule has 1 aliphatic heterocycles. The second kappa shape index (κ2) is 8.23. The van der Waals surface area contributed by atoms with Gasteiger partial charge in [0.15, 0.2) is 0 Å². The standard InChI is InChI=1S/C20H25NS.ClH/c1-3-4-14-20(2)15-22-18-13-9-8-12-17(18)19(21-20)16-10-6-5-7-11-16;/h5-13,19,21H,3-4,14-15H2,1-2H3;1H. The highest BCUT2D eigenvalue weighted by Crippen LogP contribution is 2.39. The summed E-state index contributed by atoms with van der Waals surface area (Å²) in [6.07, 6.45) is 3.76. The van der Waals surface area contributed by atoms with E-state index in [1.54, 1.807) is 0 Å². The van der Waals surface area contributed by atoms with Crippen LogP contribution < -0.4 is 5.32 Å². The van der Waals surface area contributed by atoms with Crippen molar-refractivity contribution in [1.82, 2.24) is 5.32 Å². The van der Waals surface area contributed by atoms with Crippen molar-refractivity contribution < 1.29 is 0 Å². The Balaban J connectivity index is 0.00000192. The van der Waals surface area contributed by atoms with E-state index in [0.717, 1.165) is 5.75 Å². The fraction of sp³-hybridized carbons (Fsp3) is 0.400. The van der Waals surface area contributed by atoms with Crippen molar-refractivity contribution in [3.8, 4) is 0 Å². The molecule has 2 atom stereocenters. The van der Waals surface area contributed by atoms with Crippen molar-refractivity contribution in [1.29, 1.82) is 0 Å². The third-order valence-electron chi connectivity index (χ3n) is 4.48. The van der Waals surface area contributed by atoms with Gasteiger partial charge < -0.3 is 5.32 Å². The zero-order valence-corrected chi connectivity index (χ0v) is 15.6. The second-order valence-corrected chi connectivity index (χ2v) is 7.50. The molecule has 2 unspecified atom stereocenters. The third-order valence-corrected chi connectivity index (χ3v) is 5.95. The average molecular weight is 348 g/mol. The molecule has 0 spiro atoms. The molecule has 0 amide bonds. The molecule has 1 aliphatic rings. The normalized spacial score (nSPS) is 23.5. The van der Waals surface area contributed by atoms with E-state index in [-0.39, 0.29) is 24.0 Å². The average Bonchev–Trinajstić information content (AvgIpc) is 2.72. The van der Waals surface area contributed by atoms with Crippen LogP contribution in [0.4, 0.5) is 0 Å². The number of unbranched alkanes of at least 4 members (excludes halogenated alkanes) is 1. The Kier molecular flexibility index (Phi) is 6.58. The number of thioether (sulfide) groups is 1. The number of hydrogen-bond acceptors (Lipinski definition) is 2. The zero-order chi connectivity index (χ0) is 15.4. The molecule has 124 valence electrons. The summed E-state index contributed by atoms with van der Waals surface area (Å²) in [4.78, 5) is 1.42. The van der Waals surface area contributed by atoms with Gasteiger partial charge in [0.2, 0.25) is 0 Å². The maximum absolute atomic E-state index is 3.98. The zero-order valence-electron chi connectivity index (χ0n) is 13.9. The van der Waals surface area contributed by atoms with Gasteiger partial charge in [-0.15, -0.1) is 24.2 Å². The Hall–Kier alpha value is -0.960. The third kappa shape index (κ3) is 4.32. The maximum atomic E-state index is 3.98. The van der Waals surface area contributed by atoms with Gasteiger partial charge in [-0.05, 0) is 30.5 Å². The Morgan fingerprint density at radius 2 is 1.78 bits per heavy atom. The van der Waals surface area contributed by atoms with Crippen LogP contribution in [0.25, 0.3) is 0 Å². The largest absolute Gasteiger partial charge is 0.300 e. The Bertz CT molecular complexity index is 616. The summed E-state index contributed by atoms with van der Waals surface area (Å²) < 4.78 is 0. The molecular formula is C20H26ClNS. The van der Waals surface area contributed by atoms with E-state index in [0.29, 0.717) is 0 Å². The number of halogens is 1. The van der Waals surface area contributed by atoms with Gasteiger partial charge in [-0.3, -0.25) is 0 Å². The molecular weight excluding hydrogens is 322 g/mol. The van der Waals surface area contributed by atoms with Gasteiger partial charge in [0.25, 0.3) is 0 Å². The molecule has 2 aromatic carbocycles. The molecule has 0 aromatic heterocycles. The van der Waals surface area contributed by atoms with Gasteiger partial charge in [-0.2, -0.15) is 0 Å². The fourth-order valence-corrected chi connectivity index (χ4v) is 4.40. The second-order valence-electron chi connectivity index (χ2n) is 6.48. The predicted octanol–water partition coefficient (Wildman–Crippen LogP) is 5.84. The smallest absolute Gasteiger partial charge is 0.0592 e. The number of rotatable bonds is 4. The Morgan fingerprint density at radius 1 is 1.09 bits per heavy atom. The number of nitrogens with one attached hydrogen (secondary N) is 1. The van der Waals surface area contributed by atoms with Crippen LogP contribution in [0.3, 0.4) is 0 Å². The first-order valence-electron chi connectivity index (χ1n) is 8.26. The summed E-state index contributed by atoms with van der Waals surface area (Å²) >= 11 is 2.00. The molecule has 0 fully saturated rings. The van der Waals surface area contributed by atoms with Crippen molar-refractivity contribution >= 4 is 24.2 Å². The predicted molar refractivity (Wildman–Crippen MR) is 104 cm³/mol. The summed E-state index contributed by atoms with van der Waals surface area (Å²) in [5.41, 5.74) is 2.96. The van der Waals surface area contributed by atoms with Crippen LogP contribution in [0.2, 0.25) is 0 Å². The molecule has 1 N–H and O–H groups in total. The lowest BCUT2D eigenvalue weighted by atomic mass is 9.91. The minimum Gasteiger partial charge on any atom is -0.300 e. The van der Waals surface area contributed by atoms with Crippen LogP contribution in [0.1, 0.15) is 50.3 Å². The Labute approximate surface area is 150 Å².